The van der Waals surface area contributed by atoms with Gasteiger partial charge in [0.15, 0.2) is 0 Å². The van der Waals surface area contributed by atoms with E-state index in [4.69, 9.17) is 5.11 Å². The first kappa shape index (κ1) is 9.30. The zero-order valence-electron chi connectivity index (χ0n) is 8.06. The van der Waals surface area contributed by atoms with Crippen LogP contribution in [0.2, 0.25) is 0 Å². The maximum absolute atomic E-state index is 11.9. The molecule has 0 aliphatic heterocycles. The molecule has 1 aliphatic rings. The van der Waals surface area contributed by atoms with Gasteiger partial charge in [0.25, 0.3) is 0 Å². The van der Waals surface area contributed by atoms with E-state index in [0.29, 0.717) is 10.4 Å². The van der Waals surface area contributed by atoms with E-state index < -0.39 is 5.97 Å². The fourth-order valence-electron chi connectivity index (χ4n) is 1.90. The van der Waals surface area contributed by atoms with Crippen LogP contribution in [0, 0.1) is 0 Å². The van der Waals surface area contributed by atoms with E-state index in [1.54, 1.807) is 12.1 Å². The zero-order chi connectivity index (χ0) is 11.3. The number of carboxylic acid groups (broad SMARTS) is 1. The van der Waals surface area contributed by atoms with Gasteiger partial charge in [-0.2, -0.15) is 0 Å². The van der Waals surface area contributed by atoms with Crippen LogP contribution in [0.15, 0.2) is 30.3 Å². The van der Waals surface area contributed by atoms with Crippen molar-refractivity contribution in [2.24, 2.45) is 0 Å². The van der Waals surface area contributed by atoms with Gasteiger partial charge in [-0.05, 0) is 11.6 Å². The van der Waals surface area contributed by atoms with Crippen molar-refractivity contribution in [2.45, 2.75) is 0 Å². The molecule has 1 aliphatic carbocycles. The van der Waals surface area contributed by atoms with Crippen molar-refractivity contribution in [1.82, 2.24) is 0 Å². The Kier molecular flexibility index (Phi) is 1.76. The van der Waals surface area contributed by atoms with Gasteiger partial charge < -0.3 is 5.11 Å². The van der Waals surface area contributed by atoms with Crippen LogP contribution >= 0.6 is 11.3 Å². The van der Waals surface area contributed by atoms with Gasteiger partial charge in [0.05, 0.1) is 4.88 Å². The lowest BCUT2D eigenvalue weighted by Crippen LogP contribution is -1.94. The molecule has 16 heavy (non-hydrogen) atoms. The number of aromatic carboxylic acids is 1. The van der Waals surface area contributed by atoms with E-state index in [-0.39, 0.29) is 10.7 Å². The van der Waals surface area contributed by atoms with Crippen LogP contribution in [-0.2, 0) is 0 Å². The number of fused-ring (bicyclic) bond motifs is 3. The molecule has 78 valence electrons. The molecule has 0 atom stereocenters. The molecule has 0 saturated carbocycles. The number of carbonyl (C=O) groups is 2. The molecular formula is C12H6O3S. The monoisotopic (exact) mass is 230 g/mol. The molecule has 3 nitrogen and oxygen atoms in total. The summed E-state index contributed by atoms with van der Waals surface area (Å²) in [6.07, 6.45) is 0. The van der Waals surface area contributed by atoms with E-state index in [9.17, 15) is 9.59 Å². The Morgan fingerprint density at radius 1 is 1.12 bits per heavy atom. The molecule has 0 unspecified atom stereocenters. The minimum atomic E-state index is -0.982. The minimum absolute atomic E-state index is 0.0666. The van der Waals surface area contributed by atoms with E-state index in [2.05, 4.69) is 0 Å². The lowest BCUT2D eigenvalue weighted by Gasteiger charge is -1.95. The maximum atomic E-state index is 11.9. The lowest BCUT2D eigenvalue weighted by atomic mass is 10.1. The Balaban J connectivity index is 2.29. The highest BCUT2D eigenvalue weighted by Crippen LogP contribution is 2.41. The molecule has 1 heterocycles. The van der Waals surface area contributed by atoms with E-state index in [0.717, 1.165) is 22.5 Å². The number of rotatable bonds is 1. The topological polar surface area (TPSA) is 54.4 Å². The van der Waals surface area contributed by atoms with Crippen molar-refractivity contribution in [3.8, 4) is 11.1 Å². The summed E-state index contributed by atoms with van der Waals surface area (Å²) in [5, 5.41) is 8.88. The first-order valence-corrected chi connectivity index (χ1v) is 5.51. The van der Waals surface area contributed by atoms with Crippen molar-refractivity contribution in [1.29, 1.82) is 0 Å². The fourth-order valence-corrected chi connectivity index (χ4v) is 2.87. The summed E-state index contributed by atoms with van der Waals surface area (Å²) >= 11 is 1.05. The molecule has 3 rings (SSSR count). The molecule has 1 aromatic carbocycles. The van der Waals surface area contributed by atoms with Crippen LogP contribution in [0.4, 0.5) is 0 Å². The SMILES string of the molecule is O=C(O)c1cc2c(s1)C(=O)c1ccccc1-2. The summed E-state index contributed by atoms with van der Waals surface area (Å²) < 4.78 is 0. The molecule has 1 N–H and O–H groups in total. The fraction of sp³-hybridized carbons (Fsp3) is 0. The number of carboxylic acids is 1. The summed E-state index contributed by atoms with van der Waals surface area (Å²) in [6.45, 7) is 0. The molecule has 1 aromatic heterocycles. The van der Waals surface area contributed by atoms with Gasteiger partial charge in [-0.1, -0.05) is 24.3 Å². The molecule has 4 heteroatoms. The second-order valence-corrected chi connectivity index (χ2v) is 4.59. The molecule has 0 fully saturated rings. The number of hydrogen-bond donors (Lipinski definition) is 1. The van der Waals surface area contributed by atoms with E-state index in [1.165, 1.54) is 0 Å². The normalized spacial score (nSPS) is 12.4. The lowest BCUT2D eigenvalue weighted by molar-refractivity contribution is 0.0702. The number of hydrogen-bond acceptors (Lipinski definition) is 3. The largest absolute Gasteiger partial charge is 0.477 e. The van der Waals surface area contributed by atoms with Crippen molar-refractivity contribution in [3.05, 3.63) is 45.6 Å². The highest BCUT2D eigenvalue weighted by Gasteiger charge is 2.30. The van der Waals surface area contributed by atoms with Gasteiger partial charge in [0.1, 0.15) is 4.88 Å². The van der Waals surface area contributed by atoms with E-state index in [1.807, 2.05) is 18.2 Å². The van der Waals surface area contributed by atoms with E-state index >= 15 is 0 Å². The molecule has 0 spiro atoms. The highest BCUT2D eigenvalue weighted by atomic mass is 32.1. The number of benzene rings is 1. The predicted molar refractivity (Wildman–Crippen MR) is 60.1 cm³/mol. The first-order valence-electron chi connectivity index (χ1n) is 4.69. The van der Waals surface area contributed by atoms with Crippen LogP contribution in [0.1, 0.15) is 24.9 Å². The number of thiophene rings is 1. The summed E-state index contributed by atoms with van der Waals surface area (Å²) in [7, 11) is 0. The van der Waals surface area contributed by atoms with Crippen LogP contribution in [0.5, 0.6) is 0 Å². The van der Waals surface area contributed by atoms with Gasteiger partial charge in [-0.15, -0.1) is 11.3 Å². The smallest absolute Gasteiger partial charge is 0.345 e. The Labute approximate surface area is 95.0 Å². The molecule has 0 saturated heterocycles. The molecular weight excluding hydrogens is 224 g/mol. The average Bonchev–Trinajstić information content (AvgIpc) is 2.81. The third kappa shape index (κ3) is 1.07. The van der Waals surface area contributed by atoms with Gasteiger partial charge in [-0.3, -0.25) is 4.79 Å². The Bertz CT molecular complexity index is 625. The first-order chi connectivity index (χ1) is 7.68. The molecule has 0 bridgehead atoms. The van der Waals surface area contributed by atoms with Crippen LogP contribution < -0.4 is 0 Å². The van der Waals surface area contributed by atoms with Crippen molar-refractivity contribution >= 4 is 23.1 Å². The third-order valence-corrected chi connectivity index (χ3v) is 3.73. The van der Waals surface area contributed by atoms with Crippen LogP contribution in [0.25, 0.3) is 11.1 Å². The zero-order valence-corrected chi connectivity index (χ0v) is 8.88. The molecule has 0 amide bonds. The van der Waals surface area contributed by atoms with Crippen molar-refractivity contribution in [3.63, 3.8) is 0 Å². The predicted octanol–water partition coefficient (Wildman–Crippen LogP) is 2.66. The van der Waals surface area contributed by atoms with Crippen LogP contribution in [0.3, 0.4) is 0 Å². The van der Waals surface area contributed by atoms with Crippen molar-refractivity contribution in [2.75, 3.05) is 0 Å². The summed E-state index contributed by atoms with van der Waals surface area (Å²) in [5.41, 5.74) is 2.26. The van der Waals surface area contributed by atoms with Gasteiger partial charge in [-0.25, -0.2) is 4.79 Å². The average molecular weight is 230 g/mol. The Hall–Kier alpha value is -1.94. The Morgan fingerprint density at radius 3 is 2.50 bits per heavy atom. The number of carbonyl (C=O) groups excluding carboxylic acids is 1. The van der Waals surface area contributed by atoms with Gasteiger partial charge in [0, 0.05) is 11.1 Å². The number of ketones is 1. The second kappa shape index (κ2) is 3.02. The Morgan fingerprint density at radius 2 is 1.81 bits per heavy atom. The standard InChI is InChI=1S/C12H6O3S/c13-10-7-4-2-1-3-6(7)8-5-9(12(14)15)16-11(8)10/h1-5H,(H,14,15). The molecule has 0 radical (unpaired) electrons. The van der Waals surface area contributed by atoms with Gasteiger partial charge in [0.2, 0.25) is 5.78 Å². The second-order valence-electron chi connectivity index (χ2n) is 3.53. The quantitative estimate of drug-likeness (QED) is 0.699. The maximum Gasteiger partial charge on any atom is 0.345 e. The van der Waals surface area contributed by atoms with Gasteiger partial charge >= 0.3 is 5.97 Å². The summed E-state index contributed by atoms with van der Waals surface area (Å²) in [5.74, 6) is -1.05. The summed E-state index contributed by atoms with van der Waals surface area (Å²) in [6, 6.07) is 8.85. The highest BCUT2D eigenvalue weighted by molar-refractivity contribution is 7.16. The minimum Gasteiger partial charge on any atom is -0.477 e. The van der Waals surface area contributed by atoms with Crippen molar-refractivity contribution < 1.29 is 14.7 Å². The third-order valence-electron chi connectivity index (χ3n) is 2.61. The summed E-state index contributed by atoms with van der Waals surface area (Å²) in [4.78, 5) is 23.5. The molecule has 2 aromatic rings. The van der Waals surface area contributed by atoms with Crippen LogP contribution in [-0.4, -0.2) is 16.9 Å².